The summed E-state index contributed by atoms with van der Waals surface area (Å²) in [5.41, 5.74) is 0. The molecule has 0 saturated heterocycles. The van der Waals surface area contributed by atoms with Gasteiger partial charge in [0.1, 0.15) is 0 Å². The minimum atomic E-state index is 0.816. The molecule has 0 fully saturated rings. The molecule has 0 rings (SSSR count). The molecule has 0 radical (unpaired) electrons. The number of alkyl halides is 1. The van der Waals surface area contributed by atoms with Gasteiger partial charge in [0, 0.05) is 5.88 Å². The van der Waals surface area contributed by atoms with E-state index >= 15 is 0 Å². The van der Waals surface area contributed by atoms with E-state index in [0.29, 0.717) is 0 Å². The van der Waals surface area contributed by atoms with E-state index in [9.17, 15) is 0 Å². The first-order valence-corrected chi connectivity index (χ1v) is 3.85. The minimum Gasteiger partial charge on any atom is -0.312 e. The topological polar surface area (TPSA) is 3.24 Å². The summed E-state index contributed by atoms with van der Waals surface area (Å²) in [7, 11) is 6.00. The third-order valence-corrected chi connectivity index (χ3v) is 0.754. The molecule has 0 unspecified atom stereocenters. The lowest BCUT2D eigenvalue weighted by atomic mass is 10.4. The summed E-state index contributed by atoms with van der Waals surface area (Å²) in [6.07, 6.45) is 2.37. The van der Waals surface area contributed by atoms with Gasteiger partial charge in [0.05, 0.1) is 0 Å². The molecule has 0 aliphatic rings. The van der Waals surface area contributed by atoms with E-state index < -0.39 is 0 Å². The Kier molecular flexibility index (Phi) is 14.8. The number of unbranched alkanes of at least 4 members (excludes halogenated alkanes) is 1. The van der Waals surface area contributed by atoms with E-state index in [1.54, 1.807) is 0 Å². The van der Waals surface area contributed by atoms with Crippen LogP contribution in [0.25, 0.3) is 0 Å². The maximum atomic E-state index is 5.30. The highest BCUT2D eigenvalue weighted by molar-refractivity contribution is 6.17. The van der Waals surface area contributed by atoms with Gasteiger partial charge < -0.3 is 4.90 Å². The summed E-state index contributed by atoms with van der Waals surface area (Å²) in [5, 5.41) is 0. The summed E-state index contributed by atoms with van der Waals surface area (Å²) in [6, 6.07) is 0. The fourth-order valence-electron chi connectivity index (χ4n) is 0.134. The van der Waals surface area contributed by atoms with Crippen molar-refractivity contribution in [3.05, 3.63) is 0 Å². The third kappa shape index (κ3) is 63.7. The number of halogens is 1. The number of nitrogens with zero attached hydrogens (tertiary/aromatic N) is 1. The zero-order chi connectivity index (χ0) is 7.70. The Morgan fingerprint density at radius 3 is 1.56 bits per heavy atom. The second-order valence-electron chi connectivity index (χ2n) is 2.38. The van der Waals surface area contributed by atoms with Crippen molar-refractivity contribution in [1.82, 2.24) is 4.90 Å². The summed E-state index contributed by atoms with van der Waals surface area (Å²) in [6.45, 7) is 2.13. The van der Waals surface area contributed by atoms with Crippen LogP contribution in [0, 0.1) is 0 Å². The van der Waals surface area contributed by atoms with Crippen molar-refractivity contribution in [2.75, 3.05) is 27.0 Å². The van der Waals surface area contributed by atoms with Gasteiger partial charge in [0.25, 0.3) is 0 Å². The first-order valence-electron chi connectivity index (χ1n) is 3.32. The van der Waals surface area contributed by atoms with Crippen molar-refractivity contribution in [3.63, 3.8) is 0 Å². The van der Waals surface area contributed by atoms with Crippen molar-refractivity contribution in [2.24, 2.45) is 0 Å². The van der Waals surface area contributed by atoms with Crippen LogP contribution in [0.2, 0.25) is 0 Å². The molecule has 0 aromatic carbocycles. The largest absolute Gasteiger partial charge is 0.312 e. The molecule has 0 atom stereocenters. The Labute approximate surface area is 64.0 Å². The standard InChI is InChI=1S/C4H9Cl.C3H9N/c1-2-3-4-5;1-4(2)3/h2-4H2,1H3;1-3H3. The van der Waals surface area contributed by atoms with Gasteiger partial charge in [-0.25, -0.2) is 0 Å². The van der Waals surface area contributed by atoms with Crippen molar-refractivity contribution >= 4 is 11.6 Å². The first-order chi connectivity index (χ1) is 4.15. The van der Waals surface area contributed by atoms with Gasteiger partial charge in [-0.15, -0.1) is 11.6 Å². The second-order valence-corrected chi connectivity index (χ2v) is 2.76. The van der Waals surface area contributed by atoms with Crippen LogP contribution in [-0.4, -0.2) is 31.9 Å². The second kappa shape index (κ2) is 11.1. The van der Waals surface area contributed by atoms with Crippen LogP contribution in [0.15, 0.2) is 0 Å². The minimum absolute atomic E-state index is 0.816. The Bertz CT molecular complexity index is 33.1. The lowest BCUT2D eigenvalue weighted by Crippen LogP contribution is -1.99. The SMILES string of the molecule is CCCCCl.CN(C)C. The van der Waals surface area contributed by atoms with E-state index in [2.05, 4.69) is 6.92 Å². The molecule has 0 aromatic heterocycles. The van der Waals surface area contributed by atoms with E-state index in [4.69, 9.17) is 11.6 Å². The molecule has 0 aliphatic carbocycles. The number of hydrogen-bond donors (Lipinski definition) is 0. The van der Waals surface area contributed by atoms with Crippen LogP contribution >= 0.6 is 11.6 Å². The Morgan fingerprint density at radius 1 is 1.22 bits per heavy atom. The zero-order valence-corrected chi connectivity index (χ0v) is 7.70. The molecular formula is C7H18ClN. The Hall–Kier alpha value is 0.250. The highest BCUT2D eigenvalue weighted by Gasteiger charge is 1.70. The quantitative estimate of drug-likeness (QED) is 0.547. The number of hydrogen-bond acceptors (Lipinski definition) is 1. The molecule has 0 amide bonds. The molecule has 0 aromatic rings. The average Bonchev–Trinajstić information content (AvgIpc) is 1.66. The van der Waals surface area contributed by atoms with Crippen molar-refractivity contribution < 1.29 is 0 Å². The fraction of sp³-hybridized carbons (Fsp3) is 1.00. The molecule has 1 nitrogen and oxygen atoms in total. The van der Waals surface area contributed by atoms with Crippen LogP contribution in [-0.2, 0) is 0 Å². The van der Waals surface area contributed by atoms with Crippen LogP contribution in [0.3, 0.4) is 0 Å². The average molecular weight is 152 g/mol. The predicted molar refractivity (Wildman–Crippen MR) is 45.2 cm³/mol. The van der Waals surface area contributed by atoms with E-state index in [1.807, 2.05) is 26.0 Å². The summed E-state index contributed by atoms with van der Waals surface area (Å²) < 4.78 is 0. The smallest absolute Gasteiger partial charge is 0.0223 e. The van der Waals surface area contributed by atoms with Gasteiger partial charge in [-0.2, -0.15) is 0 Å². The summed E-state index contributed by atoms with van der Waals surface area (Å²) in [5.74, 6) is 0.816. The molecular weight excluding hydrogens is 134 g/mol. The molecule has 0 bridgehead atoms. The van der Waals surface area contributed by atoms with Gasteiger partial charge in [0.2, 0.25) is 0 Å². The zero-order valence-electron chi connectivity index (χ0n) is 6.95. The lowest BCUT2D eigenvalue weighted by molar-refractivity contribution is 0.505. The molecule has 0 saturated carbocycles. The fourth-order valence-corrected chi connectivity index (χ4v) is 0.401. The monoisotopic (exact) mass is 151 g/mol. The van der Waals surface area contributed by atoms with Gasteiger partial charge >= 0.3 is 0 Å². The van der Waals surface area contributed by atoms with E-state index in [0.717, 1.165) is 12.3 Å². The number of rotatable bonds is 2. The van der Waals surface area contributed by atoms with Crippen LogP contribution in [0.5, 0.6) is 0 Å². The summed E-state index contributed by atoms with van der Waals surface area (Å²) >= 11 is 5.30. The maximum Gasteiger partial charge on any atom is 0.0223 e. The maximum absolute atomic E-state index is 5.30. The molecule has 58 valence electrons. The van der Waals surface area contributed by atoms with Crippen LogP contribution in [0.4, 0.5) is 0 Å². The van der Waals surface area contributed by atoms with Gasteiger partial charge in [-0.1, -0.05) is 13.3 Å². The lowest BCUT2D eigenvalue weighted by Gasteiger charge is -1.90. The van der Waals surface area contributed by atoms with Crippen LogP contribution < -0.4 is 0 Å². The molecule has 0 spiro atoms. The van der Waals surface area contributed by atoms with Crippen molar-refractivity contribution in [3.8, 4) is 0 Å². The molecule has 0 heterocycles. The van der Waals surface area contributed by atoms with Crippen LogP contribution in [0.1, 0.15) is 19.8 Å². The van der Waals surface area contributed by atoms with E-state index in [1.165, 1.54) is 6.42 Å². The molecule has 0 aliphatic heterocycles. The molecule has 9 heavy (non-hydrogen) atoms. The van der Waals surface area contributed by atoms with Crippen molar-refractivity contribution in [2.45, 2.75) is 19.8 Å². The highest BCUT2D eigenvalue weighted by atomic mass is 35.5. The highest BCUT2D eigenvalue weighted by Crippen LogP contribution is 1.86. The van der Waals surface area contributed by atoms with Gasteiger partial charge in [0.15, 0.2) is 0 Å². The Balaban J connectivity index is 0. The third-order valence-electron chi connectivity index (χ3n) is 0.487. The first kappa shape index (κ1) is 12.0. The van der Waals surface area contributed by atoms with E-state index in [-0.39, 0.29) is 0 Å². The summed E-state index contributed by atoms with van der Waals surface area (Å²) in [4.78, 5) is 2.00. The molecule has 2 heteroatoms. The van der Waals surface area contributed by atoms with Crippen molar-refractivity contribution in [1.29, 1.82) is 0 Å². The molecule has 0 N–H and O–H groups in total. The normalized spacial score (nSPS) is 8.67. The van der Waals surface area contributed by atoms with Gasteiger partial charge in [-0.3, -0.25) is 0 Å². The Morgan fingerprint density at radius 2 is 1.56 bits per heavy atom. The predicted octanol–water partition coefficient (Wildman–Crippen LogP) is 2.20. The van der Waals surface area contributed by atoms with Gasteiger partial charge in [-0.05, 0) is 27.6 Å².